The van der Waals surface area contributed by atoms with Crippen LogP contribution in [0.15, 0.2) is 24.3 Å². The van der Waals surface area contributed by atoms with Crippen LogP contribution in [0.25, 0.3) is 0 Å². The van der Waals surface area contributed by atoms with Gasteiger partial charge in [-0.25, -0.2) is 0 Å². The minimum atomic E-state index is 0.794. The second-order valence-electron chi connectivity index (χ2n) is 7.72. The maximum absolute atomic E-state index is 2.38. The Labute approximate surface area is 152 Å². The second kappa shape index (κ2) is 14.6. The van der Waals surface area contributed by atoms with Gasteiger partial charge in [0.1, 0.15) is 0 Å². The lowest BCUT2D eigenvalue weighted by atomic mass is 9.88. The zero-order valence-electron chi connectivity index (χ0n) is 16.8. The van der Waals surface area contributed by atoms with Crippen LogP contribution in [0.1, 0.15) is 121 Å². The van der Waals surface area contributed by atoms with Gasteiger partial charge in [-0.05, 0) is 31.2 Å². The van der Waals surface area contributed by atoms with E-state index < -0.39 is 0 Å². The smallest absolute Gasteiger partial charge is 0.0162 e. The first-order valence-corrected chi connectivity index (χ1v) is 10.8. The van der Waals surface area contributed by atoms with Crippen molar-refractivity contribution < 1.29 is 0 Å². The number of aryl methyl sites for hydroxylation is 1. The van der Waals surface area contributed by atoms with Gasteiger partial charge < -0.3 is 0 Å². The van der Waals surface area contributed by atoms with Crippen LogP contribution in [0.5, 0.6) is 0 Å². The molecular formula is C24H42. The van der Waals surface area contributed by atoms with E-state index in [1.165, 1.54) is 95.5 Å². The highest BCUT2D eigenvalue weighted by Gasteiger charge is 2.11. The van der Waals surface area contributed by atoms with Crippen molar-refractivity contribution in [3.05, 3.63) is 35.4 Å². The normalized spacial score (nSPS) is 11.3. The molecule has 0 spiro atoms. The molecule has 138 valence electrons. The van der Waals surface area contributed by atoms with E-state index in [1.807, 2.05) is 0 Å². The molecule has 0 nitrogen and oxygen atoms in total. The Balaban J connectivity index is 2.34. The van der Waals surface area contributed by atoms with Crippen LogP contribution in [0.4, 0.5) is 0 Å². The van der Waals surface area contributed by atoms with E-state index >= 15 is 0 Å². The molecule has 0 saturated carbocycles. The largest absolute Gasteiger partial charge is 0.0654 e. The summed E-state index contributed by atoms with van der Waals surface area (Å²) in [5, 5.41) is 0. The molecule has 1 aromatic rings. The van der Waals surface area contributed by atoms with E-state index in [-0.39, 0.29) is 0 Å². The highest BCUT2D eigenvalue weighted by atomic mass is 14.2. The quantitative estimate of drug-likeness (QED) is 0.282. The van der Waals surface area contributed by atoms with Crippen LogP contribution >= 0.6 is 0 Å². The number of hydrogen-bond donors (Lipinski definition) is 0. The Bertz CT molecular complexity index is 360. The third-order valence-electron chi connectivity index (χ3n) is 5.36. The van der Waals surface area contributed by atoms with Crippen LogP contribution < -0.4 is 0 Å². The molecule has 0 fully saturated rings. The molecule has 0 aliphatic rings. The van der Waals surface area contributed by atoms with Gasteiger partial charge in [0.2, 0.25) is 0 Å². The maximum atomic E-state index is 2.38. The van der Waals surface area contributed by atoms with Crippen LogP contribution in [0, 0.1) is 6.92 Å². The van der Waals surface area contributed by atoms with Gasteiger partial charge >= 0.3 is 0 Å². The molecule has 0 atom stereocenters. The first-order chi connectivity index (χ1) is 11.8. The van der Waals surface area contributed by atoms with Crippen molar-refractivity contribution >= 4 is 0 Å². The minimum absolute atomic E-state index is 0.794. The molecule has 0 bridgehead atoms. The third kappa shape index (κ3) is 10.2. The van der Waals surface area contributed by atoms with Gasteiger partial charge in [-0.1, -0.05) is 121 Å². The summed E-state index contributed by atoms with van der Waals surface area (Å²) in [5.41, 5.74) is 2.97. The summed E-state index contributed by atoms with van der Waals surface area (Å²) >= 11 is 0. The zero-order chi connectivity index (χ0) is 17.5. The Morgan fingerprint density at radius 2 is 1.00 bits per heavy atom. The first-order valence-electron chi connectivity index (χ1n) is 10.8. The molecule has 1 rings (SSSR count). The molecule has 0 aromatic heterocycles. The summed E-state index contributed by atoms with van der Waals surface area (Å²) < 4.78 is 0. The van der Waals surface area contributed by atoms with E-state index in [4.69, 9.17) is 0 Å². The predicted molar refractivity (Wildman–Crippen MR) is 110 cm³/mol. The molecule has 24 heavy (non-hydrogen) atoms. The van der Waals surface area contributed by atoms with Crippen molar-refractivity contribution in [1.29, 1.82) is 0 Å². The number of unbranched alkanes of at least 4 members (excludes halogenated alkanes) is 10. The molecule has 1 aromatic carbocycles. The standard InChI is InChI=1S/C24H42/c1-4-6-8-10-12-14-16-23(17-15-13-11-9-7-5-2)24-20-18-22(3)19-21-24/h18-21,23H,4-17H2,1-3H3. The Hall–Kier alpha value is -0.780. The van der Waals surface area contributed by atoms with Crippen molar-refractivity contribution in [3.63, 3.8) is 0 Å². The predicted octanol–water partition coefficient (Wildman–Crippen LogP) is 8.58. The lowest BCUT2D eigenvalue weighted by Crippen LogP contribution is -2.00. The summed E-state index contributed by atoms with van der Waals surface area (Å²) in [6, 6.07) is 9.36. The van der Waals surface area contributed by atoms with Crippen LogP contribution in [-0.4, -0.2) is 0 Å². The summed E-state index contributed by atoms with van der Waals surface area (Å²) in [7, 11) is 0. The van der Waals surface area contributed by atoms with Gasteiger partial charge in [0, 0.05) is 0 Å². The summed E-state index contributed by atoms with van der Waals surface area (Å²) in [5.74, 6) is 0.794. The SMILES string of the molecule is CCCCCCCCC(CCCCCCCC)c1ccc(C)cc1. The number of hydrogen-bond acceptors (Lipinski definition) is 0. The van der Waals surface area contributed by atoms with Gasteiger partial charge in [-0.2, -0.15) is 0 Å². The molecule has 0 unspecified atom stereocenters. The van der Waals surface area contributed by atoms with Crippen molar-refractivity contribution in [2.24, 2.45) is 0 Å². The fourth-order valence-corrected chi connectivity index (χ4v) is 3.66. The Kier molecular flexibility index (Phi) is 12.9. The van der Waals surface area contributed by atoms with E-state index in [1.54, 1.807) is 5.56 Å². The van der Waals surface area contributed by atoms with Crippen molar-refractivity contribution in [1.82, 2.24) is 0 Å². The van der Waals surface area contributed by atoms with E-state index in [0.29, 0.717) is 0 Å². The third-order valence-corrected chi connectivity index (χ3v) is 5.36. The lowest BCUT2D eigenvalue weighted by Gasteiger charge is -2.18. The van der Waals surface area contributed by atoms with Gasteiger partial charge in [-0.15, -0.1) is 0 Å². The molecule has 0 amide bonds. The highest BCUT2D eigenvalue weighted by molar-refractivity contribution is 5.24. The minimum Gasteiger partial charge on any atom is -0.0654 e. The second-order valence-corrected chi connectivity index (χ2v) is 7.72. The molecule has 0 aliphatic carbocycles. The zero-order valence-corrected chi connectivity index (χ0v) is 16.8. The molecule has 0 radical (unpaired) electrons. The highest BCUT2D eigenvalue weighted by Crippen LogP contribution is 2.29. The number of benzene rings is 1. The first kappa shape index (κ1) is 21.3. The van der Waals surface area contributed by atoms with Crippen molar-refractivity contribution in [3.8, 4) is 0 Å². The maximum Gasteiger partial charge on any atom is -0.0162 e. The van der Waals surface area contributed by atoms with E-state index in [0.717, 1.165) is 5.92 Å². The van der Waals surface area contributed by atoms with Crippen LogP contribution in [-0.2, 0) is 0 Å². The summed E-state index contributed by atoms with van der Waals surface area (Å²) in [4.78, 5) is 0. The molecule has 0 heteroatoms. The van der Waals surface area contributed by atoms with Crippen LogP contribution in [0.3, 0.4) is 0 Å². The van der Waals surface area contributed by atoms with Crippen LogP contribution in [0.2, 0.25) is 0 Å². The fraction of sp³-hybridized carbons (Fsp3) is 0.750. The van der Waals surface area contributed by atoms with Gasteiger partial charge in [0.05, 0.1) is 0 Å². The molecule has 0 heterocycles. The molecule has 0 aliphatic heterocycles. The summed E-state index contributed by atoms with van der Waals surface area (Å²) in [6.45, 7) is 6.79. The molecule has 0 saturated heterocycles. The average Bonchev–Trinajstić information content (AvgIpc) is 2.60. The Morgan fingerprint density at radius 3 is 1.46 bits per heavy atom. The average molecular weight is 331 g/mol. The molecule has 0 N–H and O–H groups in total. The van der Waals surface area contributed by atoms with E-state index in [9.17, 15) is 0 Å². The van der Waals surface area contributed by atoms with Gasteiger partial charge in [-0.3, -0.25) is 0 Å². The van der Waals surface area contributed by atoms with Crippen molar-refractivity contribution in [2.45, 2.75) is 117 Å². The lowest BCUT2D eigenvalue weighted by molar-refractivity contribution is 0.486. The topological polar surface area (TPSA) is 0 Å². The van der Waals surface area contributed by atoms with Gasteiger partial charge in [0.25, 0.3) is 0 Å². The van der Waals surface area contributed by atoms with E-state index in [2.05, 4.69) is 45.0 Å². The fourth-order valence-electron chi connectivity index (χ4n) is 3.66. The number of rotatable bonds is 15. The Morgan fingerprint density at radius 1 is 0.583 bits per heavy atom. The van der Waals surface area contributed by atoms with Crippen molar-refractivity contribution in [2.75, 3.05) is 0 Å². The summed E-state index contributed by atoms with van der Waals surface area (Å²) in [6.07, 6.45) is 19.7. The van der Waals surface area contributed by atoms with Gasteiger partial charge in [0.15, 0.2) is 0 Å². The molecular weight excluding hydrogens is 288 g/mol. The monoisotopic (exact) mass is 330 g/mol.